The van der Waals surface area contributed by atoms with Crippen LogP contribution in [0.15, 0.2) is 23.3 Å². The fourth-order valence-electron chi connectivity index (χ4n) is 6.53. The lowest BCUT2D eigenvalue weighted by Crippen LogP contribution is -2.48. The largest absolute Gasteiger partial charge is 0.295 e. The smallest absolute Gasteiger partial charge is 0.156 e. The molecule has 2 heteroatoms. The van der Waals surface area contributed by atoms with Crippen LogP contribution >= 0.6 is 0 Å². The van der Waals surface area contributed by atoms with Crippen molar-refractivity contribution >= 4 is 11.6 Å². The molecule has 0 aromatic carbocycles. The second-order valence-electron chi connectivity index (χ2n) is 8.51. The second kappa shape index (κ2) is 4.43. The lowest BCUT2D eigenvalue weighted by molar-refractivity contribution is -0.117. The molecule has 0 heterocycles. The lowest BCUT2D eigenvalue weighted by atomic mass is 9.48. The average Bonchev–Trinajstić information content (AvgIpc) is 2.93. The van der Waals surface area contributed by atoms with Crippen LogP contribution in [0, 0.1) is 28.6 Å². The zero-order valence-electron chi connectivity index (χ0n) is 13.9. The van der Waals surface area contributed by atoms with Crippen LogP contribution in [0.2, 0.25) is 0 Å². The van der Waals surface area contributed by atoms with E-state index in [0.29, 0.717) is 23.5 Å². The fourth-order valence-corrected chi connectivity index (χ4v) is 6.53. The van der Waals surface area contributed by atoms with E-state index in [0.717, 1.165) is 31.3 Å². The number of ketones is 2. The minimum Gasteiger partial charge on any atom is -0.295 e. The van der Waals surface area contributed by atoms with Gasteiger partial charge in [-0.15, -0.1) is 0 Å². The first-order chi connectivity index (χ1) is 10.4. The number of hydrogen-bond donors (Lipinski definition) is 0. The van der Waals surface area contributed by atoms with Crippen molar-refractivity contribution in [3.05, 3.63) is 23.3 Å². The van der Waals surface area contributed by atoms with Gasteiger partial charge in [-0.1, -0.05) is 25.5 Å². The highest BCUT2D eigenvalue weighted by Gasteiger charge is 2.58. The van der Waals surface area contributed by atoms with Gasteiger partial charge >= 0.3 is 0 Å². The van der Waals surface area contributed by atoms with Gasteiger partial charge in [-0.3, -0.25) is 9.59 Å². The summed E-state index contributed by atoms with van der Waals surface area (Å²) in [4.78, 5) is 24.0. The monoisotopic (exact) mass is 298 g/mol. The van der Waals surface area contributed by atoms with Crippen LogP contribution in [0.25, 0.3) is 0 Å². The summed E-state index contributed by atoms with van der Waals surface area (Å²) in [5.41, 5.74) is 2.71. The Balaban J connectivity index is 1.68. The average molecular weight is 298 g/mol. The summed E-state index contributed by atoms with van der Waals surface area (Å²) < 4.78 is 0. The predicted molar refractivity (Wildman–Crippen MR) is 86.2 cm³/mol. The van der Waals surface area contributed by atoms with Crippen LogP contribution in [0.5, 0.6) is 0 Å². The van der Waals surface area contributed by atoms with Gasteiger partial charge in [0.2, 0.25) is 0 Å². The van der Waals surface area contributed by atoms with Crippen LogP contribution in [-0.4, -0.2) is 11.6 Å². The van der Waals surface area contributed by atoms with Crippen molar-refractivity contribution in [2.24, 2.45) is 28.6 Å². The Morgan fingerprint density at radius 2 is 1.95 bits per heavy atom. The molecule has 0 saturated heterocycles. The molecular weight excluding hydrogens is 272 g/mol. The van der Waals surface area contributed by atoms with Crippen molar-refractivity contribution in [1.82, 2.24) is 0 Å². The quantitative estimate of drug-likeness (QED) is 0.725. The molecular formula is C20H26O2. The van der Waals surface area contributed by atoms with Gasteiger partial charge < -0.3 is 0 Å². The maximum absolute atomic E-state index is 12.0. The molecule has 2 nitrogen and oxygen atoms in total. The molecule has 0 aliphatic heterocycles. The van der Waals surface area contributed by atoms with E-state index < -0.39 is 0 Å². The van der Waals surface area contributed by atoms with Gasteiger partial charge in [-0.2, -0.15) is 0 Å². The number of carbonyl (C=O) groups excluding carboxylic acids is 2. The van der Waals surface area contributed by atoms with Crippen LogP contribution < -0.4 is 0 Å². The highest BCUT2D eigenvalue weighted by Crippen LogP contribution is 2.65. The lowest BCUT2D eigenvalue weighted by Gasteiger charge is -2.55. The molecule has 22 heavy (non-hydrogen) atoms. The van der Waals surface area contributed by atoms with E-state index in [4.69, 9.17) is 0 Å². The van der Waals surface area contributed by atoms with Crippen molar-refractivity contribution in [3.8, 4) is 0 Å². The zero-order valence-corrected chi connectivity index (χ0v) is 13.9. The Morgan fingerprint density at radius 3 is 2.68 bits per heavy atom. The Bertz CT molecular complexity index is 626. The molecule has 4 aliphatic rings. The SMILES string of the molecule is CC(=O)C1=CCC2C3CCC4=CC(=O)CC4(C)C3CCC12C. The molecule has 118 valence electrons. The van der Waals surface area contributed by atoms with Crippen molar-refractivity contribution in [2.45, 2.75) is 59.3 Å². The topological polar surface area (TPSA) is 34.1 Å². The van der Waals surface area contributed by atoms with E-state index in [1.54, 1.807) is 6.92 Å². The first kappa shape index (κ1) is 14.4. The van der Waals surface area contributed by atoms with E-state index in [1.165, 1.54) is 18.4 Å². The summed E-state index contributed by atoms with van der Waals surface area (Å²) in [5, 5.41) is 0. The zero-order chi connectivity index (χ0) is 15.7. The van der Waals surface area contributed by atoms with E-state index in [1.807, 2.05) is 6.08 Å². The molecule has 2 fully saturated rings. The molecule has 0 spiro atoms. The summed E-state index contributed by atoms with van der Waals surface area (Å²) in [6.07, 6.45) is 10.5. The first-order valence-corrected chi connectivity index (χ1v) is 8.82. The highest BCUT2D eigenvalue weighted by atomic mass is 16.1. The normalized spacial score (nSPS) is 46.5. The van der Waals surface area contributed by atoms with Gasteiger partial charge in [0.25, 0.3) is 0 Å². The molecule has 0 aromatic heterocycles. The summed E-state index contributed by atoms with van der Waals surface area (Å²) in [6.45, 7) is 6.38. The maximum Gasteiger partial charge on any atom is 0.156 e. The molecule has 0 amide bonds. The molecule has 0 radical (unpaired) electrons. The first-order valence-electron chi connectivity index (χ1n) is 8.82. The van der Waals surface area contributed by atoms with Gasteiger partial charge in [0.05, 0.1) is 0 Å². The predicted octanol–water partition coefficient (Wildman–Crippen LogP) is 4.25. The third-order valence-corrected chi connectivity index (χ3v) is 7.57. The number of Topliss-reactive ketones (excluding diaryl/α,β-unsaturated/α-hetero) is 1. The molecule has 0 N–H and O–H groups in total. The van der Waals surface area contributed by atoms with Gasteiger partial charge in [-0.25, -0.2) is 0 Å². The molecule has 0 bridgehead atoms. The third kappa shape index (κ3) is 1.67. The van der Waals surface area contributed by atoms with Crippen molar-refractivity contribution < 1.29 is 9.59 Å². The second-order valence-corrected chi connectivity index (χ2v) is 8.51. The number of fused-ring (bicyclic) bond motifs is 5. The van der Waals surface area contributed by atoms with E-state index in [2.05, 4.69) is 19.9 Å². The van der Waals surface area contributed by atoms with E-state index in [-0.39, 0.29) is 16.6 Å². The third-order valence-electron chi connectivity index (χ3n) is 7.57. The molecule has 4 rings (SSSR count). The van der Waals surface area contributed by atoms with Crippen LogP contribution in [-0.2, 0) is 9.59 Å². The summed E-state index contributed by atoms with van der Waals surface area (Å²) >= 11 is 0. The fraction of sp³-hybridized carbons (Fsp3) is 0.700. The number of rotatable bonds is 1. The minimum absolute atomic E-state index is 0.0905. The summed E-state index contributed by atoms with van der Waals surface area (Å²) in [7, 11) is 0. The van der Waals surface area contributed by atoms with Crippen molar-refractivity contribution in [2.75, 3.05) is 0 Å². The highest BCUT2D eigenvalue weighted by molar-refractivity contribution is 5.95. The number of allylic oxidation sites excluding steroid dienone is 4. The van der Waals surface area contributed by atoms with Crippen LogP contribution in [0.4, 0.5) is 0 Å². The van der Waals surface area contributed by atoms with Gasteiger partial charge in [0.1, 0.15) is 0 Å². The Labute approximate surface area is 133 Å². The Kier molecular flexibility index (Phi) is 2.90. The minimum atomic E-state index is 0.0905. The number of hydrogen-bond acceptors (Lipinski definition) is 2. The van der Waals surface area contributed by atoms with Gasteiger partial charge in [0, 0.05) is 6.42 Å². The van der Waals surface area contributed by atoms with Crippen molar-refractivity contribution in [3.63, 3.8) is 0 Å². The van der Waals surface area contributed by atoms with Crippen molar-refractivity contribution in [1.29, 1.82) is 0 Å². The van der Waals surface area contributed by atoms with E-state index >= 15 is 0 Å². The summed E-state index contributed by atoms with van der Waals surface area (Å²) in [5.74, 6) is 2.53. The van der Waals surface area contributed by atoms with Crippen LogP contribution in [0.1, 0.15) is 59.3 Å². The summed E-state index contributed by atoms with van der Waals surface area (Å²) in [6, 6.07) is 0. The molecule has 5 unspecified atom stereocenters. The van der Waals surface area contributed by atoms with Gasteiger partial charge in [0.15, 0.2) is 11.6 Å². The molecule has 4 aliphatic carbocycles. The standard InChI is InChI=1S/C20H26O2/c1-12(21)16-6-7-17-15-5-4-13-10-14(22)11-20(13,3)18(15)8-9-19(16,17)2/h6,10,15,17-18H,4-5,7-9,11H2,1-3H3. The Hall–Kier alpha value is -1.18. The molecule has 0 aromatic rings. The molecule has 2 saturated carbocycles. The Morgan fingerprint density at radius 1 is 1.18 bits per heavy atom. The van der Waals surface area contributed by atoms with Crippen LogP contribution in [0.3, 0.4) is 0 Å². The van der Waals surface area contributed by atoms with E-state index in [9.17, 15) is 9.59 Å². The molecule has 5 atom stereocenters. The maximum atomic E-state index is 12.0. The number of carbonyl (C=O) groups is 2. The van der Waals surface area contributed by atoms with Gasteiger partial charge in [-0.05, 0) is 79.3 Å².